The summed E-state index contributed by atoms with van der Waals surface area (Å²) in [5.74, 6) is 0.875. The monoisotopic (exact) mass is 220 g/mol. The first-order valence-corrected chi connectivity index (χ1v) is 6.55. The topological polar surface area (TPSA) is 32.1 Å². The van der Waals surface area contributed by atoms with Crippen LogP contribution < -0.4 is 10.6 Å². The third kappa shape index (κ3) is 3.32. The number of hydrogen-bond donors (Lipinski definition) is 2. The number of hydrogen-bond acceptors (Lipinski definition) is 0. The maximum Gasteiger partial charge on any atom is 0.0854 e. The van der Waals surface area contributed by atoms with E-state index in [2.05, 4.69) is 36.1 Å². The molecule has 0 spiro atoms. The minimum absolute atomic E-state index is 0.875. The van der Waals surface area contributed by atoms with Gasteiger partial charge in [-0.25, -0.2) is 0 Å². The van der Waals surface area contributed by atoms with Crippen LogP contribution in [0.25, 0.3) is 0 Å². The molecule has 0 aliphatic carbocycles. The molecule has 16 heavy (non-hydrogen) atoms. The highest BCUT2D eigenvalue weighted by Gasteiger charge is 2.22. The summed E-state index contributed by atoms with van der Waals surface area (Å²) in [6.07, 6.45) is 4.02. The first-order valence-electron chi connectivity index (χ1n) is 6.55. The van der Waals surface area contributed by atoms with Crippen molar-refractivity contribution in [3.63, 3.8) is 0 Å². The molecule has 2 rings (SSSR count). The minimum atomic E-state index is 0.875. The molecule has 2 nitrogen and oxygen atoms in total. The number of nitrogens with one attached hydrogen (secondary N) is 1. The van der Waals surface area contributed by atoms with Gasteiger partial charge in [0.2, 0.25) is 0 Å². The van der Waals surface area contributed by atoms with Crippen molar-refractivity contribution in [1.82, 2.24) is 0 Å². The van der Waals surface area contributed by atoms with E-state index in [4.69, 9.17) is 0 Å². The molecule has 0 bridgehead atoms. The summed E-state index contributed by atoms with van der Waals surface area (Å²) < 4.78 is 0. The second-order valence-electron chi connectivity index (χ2n) is 4.99. The normalized spacial score (nSPS) is 25.6. The van der Waals surface area contributed by atoms with Crippen LogP contribution in [0.3, 0.4) is 0 Å². The molecule has 0 saturated carbocycles. The van der Waals surface area contributed by atoms with Gasteiger partial charge in [-0.3, -0.25) is 0 Å². The first kappa shape index (κ1) is 11.6. The van der Waals surface area contributed by atoms with E-state index >= 15 is 0 Å². The molecule has 1 unspecified atom stereocenters. The summed E-state index contributed by atoms with van der Waals surface area (Å²) in [7, 11) is 0. The number of piperidine rings is 1. The van der Waals surface area contributed by atoms with Gasteiger partial charge in [0.1, 0.15) is 0 Å². The lowest BCUT2D eigenvalue weighted by Gasteiger charge is -2.28. The van der Waals surface area contributed by atoms with Crippen LogP contribution in [0.1, 0.15) is 18.4 Å². The number of quaternary nitrogens is 2. The van der Waals surface area contributed by atoms with Gasteiger partial charge in [-0.05, 0) is 18.4 Å². The Labute approximate surface area is 98.4 Å². The van der Waals surface area contributed by atoms with Crippen molar-refractivity contribution in [2.24, 2.45) is 5.92 Å². The van der Waals surface area contributed by atoms with E-state index in [1.165, 1.54) is 44.5 Å². The van der Waals surface area contributed by atoms with Crippen molar-refractivity contribution in [2.75, 3.05) is 26.2 Å². The van der Waals surface area contributed by atoms with Crippen molar-refractivity contribution in [3.8, 4) is 0 Å². The molecule has 1 aliphatic heterocycles. The van der Waals surface area contributed by atoms with E-state index in [1.807, 2.05) is 0 Å². The van der Waals surface area contributed by atoms with Crippen LogP contribution in [0.2, 0.25) is 0 Å². The zero-order valence-electron chi connectivity index (χ0n) is 10.1. The van der Waals surface area contributed by atoms with Gasteiger partial charge in [-0.1, -0.05) is 30.3 Å². The highest BCUT2D eigenvalue weighted by molar-refractivity contribution is 5.14. The Kier molecular flexibility index (Phi) is 4.37. The SMILES string of the molecule is [NH3+]C[C@H]1CCC[NH+](CCc2ccccc2)C1. The predicted molar refractivity (Wildman–Crippen MR) is 66.2 cm³/mol. The molecular formula is C14H24N2+2. The Morgan fingerprint density at radius 1 is 1.25 bits per heavy atom. The van der Waals surface area contributed by atoms with Gasteiger partial charge in [0.25, 0.3) is 0 Å². The van der Waals surface area contributed by atoms with E-state index in [9.17, 15) is 0 Å². The Hall–Kier alpha value is -0.860. The quantitative estimate of drug-likeness (QED) is 0.702. The fourth-order valence-electron chi connectivity index (χ4n) is 2.69. The average Bonchev–Trinajstić information content (AvgIpc) is 2.38. The molecule has 2 heteroatoms. The Bertz CT molecular complexity index is 297. The second kappa shape index (κ2) is 6.02. The third-order valence-corrected chi connectivity index (χ3v) is 3.74. The van der Waals surface area contributed by atoms with Crippen LogP contribution in [0.15, 0.2) is 30.3 Å². The lowest BCUT2D eigenvalue weighted by molar-refractivity contribution is -0.909. The lowest BCUT2D eigenvalue weighted by atomic mass is 9.98. The second-order valence-corrected chi connectivity index (χ2v) is 4.99. The summed E-state index contributed by atoms with van der Waals surface area (Å²) >= 11 is 0. The van der Waals surface area contributed by atoms with Crippen LogP contribution in [-0.4, -0.2) is 26.2 Å². The van der Waals surface area contributed by atoms with E-state index in [1.54, 1.807) is 4.90 Å². The molecule has 2 atom stereocenters. The van der Waals surface area contributed by atoms with Crippen LogP contribution in [-0.2, 0) is 6.42 Å². The summed E-state index contributed by atoms with van der Waals surface area (Å²) in [6.45, 7) is 5.12. The molecule has 1 heterocycles. The summed E-state index contributed by atoms with van der Waals surface area (Å²) in [6, 6.07) is 10.8. The highest BCUT2D eigenvalue weighted by atomic mass is 15.1. The van der Waals surface area contributed by atoms with Crippen molar-refractivity contribution in [1.29, 1.82) is 0 Å². The minimum Gasteiger partial charge on any atom is -0.357 e. The van der Waals surface area contributed by atoms with E-state index < -0.39 is 0 Å². The molecular weight excluding hydrogens is 196 g/mol. The Morgan fingerprint density at radius 2 is 2.06 bits per heavy atom. The predicted octanol–water partition coefficient (Wildman–Crippen LogP) is -0.234. The van der Waals surface area contributed by atoms with Gasteiger partial charge < -0.3 is 10.6 Å². The Balaban J connectivity index is 1.77. The van der Waals surface area contributed by atoms with Crippen molar-refractivity contribution in [2.45, 2.75) is 19.3 Å². The van der Waals surface area contributed by atoms with Gasteiger partial charge in [0.05, 0.1) is 32.1 Å². The summed E-state index contributed by atoms with van der Waals surface area (Å²) in [5.41, 5.74) is 5.53. The van der Waals surface area contributed by atoms with Crippen LogP contribution in [0, 0.1) is 5.92 Å². The van der Waals surface area contributed by atoms with Gasteiger partial charge >= 0.3 is 0 Å². The third-order valence-electron chi connectivity index (χ3n) is 3.74. The molecule has 4 N–H and O–H groups in total. The molecule has 0 amide bonds. The van der Waals surface area contributed by atoms with Crippen molar-refractivity contribution >= 4 is 0 Å². The van der Waals surface area contributed by atoms with Crippen LogP contribution in [0.4, 0.5) is 0 Å². The van der Waals surface area contributed by atoms with Crippen LogP contribution >= 0.6 is 0 Å². The summed E-state index contributed by atoms with van der Waals surface area (Å²) in [5, 5.41) is 0. The number of likely N-dealkylation sites (tertiary alicyclic amines) is 1. The molecule has 1 aromatic rings. The largest absolute Gasteiger partial charge is 0.357 e. The van der Waals surface area contributed by atoms with E-state index in [0.717, 1.165) is 12.5 Å². The smallest absolute Gasteiger partial charge is 0.0854 e. The van der Waals surface area contributed by atoms with E-state index in [-0.39, 0.29) is 0 Å². The zero-order chi connectivity index (χ0) is 11.2. The molecule has 1 fully saturated rings. The van der Waals surface area contributed by atoms with Crippen molar-refractivity contribution in [3.05, 3.63) is 35.9 Å². The van der Waals surface area contributed by atoms with E-state index in [0.29, 0.717) is 0 Å². The lowest BCUT2D eigenvalue weighted by Crippen LogP contribution is -3.14. The average molecular weight is 220 g/mol. The standard InChI is InChI=1S/C14H22N2/c15-11-14-7-4-9-16(12-14)10-8-13-5-2-1-3-6-13/h1-3,5-6,14H,4,7-12,15H2/p+2/t14-/m1/s1. The number of benzene rings is 1. The molecule has 1 aliphatic rings. The highest BCUT2D eigenvalue weighted by Crippen LogP contribution is 2.04. The molecule has 1 aromatic carbocycles. The maximum atomic E-state index is 4.05. The molecule has 0 radical (unpaired) electrons. The van der Waals surface area contributed by atoms with Gasteiger partial charge in [-0.2, -0.15) is 0 Å². The zero-order valence-corrected chi connectivity index (χ0v) is 10.1. The molecule has 88 valence electrons. The van der Waals surface area contributed by atoms with Crippen LogP contribution in [0.5, 0.6) is 0 Å². The first-order chi connectivity index (χ1) is 7.88. The molecule has 0 aromatic heterocycles. The maximum absolute atomic E-state index is 4.05. The van der Waals surface area contributed by atoms with Gasteiger partial charge in [-0.15, -0.1) is 0 Å². The fourth-order valence-corrected chi connectivity index (χ4v) is 2.69. The van der Waals surface area contributed by atoms with Gasteiger partial charge in [0.15, 0.2) is 0 Å². The van der Waals surface area contributed by atoms with Gasteiger partial charge in [0, 0.05) is 6.42 Å². The number of rotatable bonds is 4. The van der Waals surface area contributed by atoms with Crippen molar-refractivity contribution < 1.29 is 10.6 Å². The summed E-state index contributed by atoms with van der Waals surface area (Å²) in [4.78, 5) is 1.78. The fraction of sp³-hybridized carbons (Fsp3) is 0.571. The molecule has 1 saturated heterocycles. The Morgan fingerprint density at radius 3 is 2.81 bits per heavy atom.